The van der Waals surface area contributed by atoms with Crippen molar-refractivity contribution in [1.82, 2.24) is 20.3 Å². The van der Waals surface area contributed by atoms with Crippen molar-refractivity contribution >= 4 is 37.2 Å². The molecule has 3 aliphatic heterocycles. The first-order valence-corrected chi connectivity index (χ1v) is 21.6. The van der Waals surface area contributed by atoms with E-state index >= 15 is 0 Å². The molecule has 3 aromatic carbocycles. The Bertz CT molecular complexity index is 2020. The molecule has 284 valence electrons. The predicted octanol–water partition coefficient (Wildman–Crippen LogP) is 4.68. The fraction of sp³-hybridized carbons (Fsp3) is 0.436. The number of rotatable bonds is 12. The number of carbonyl (C=O) groups excluding carboxylic acids is 2. The average Bonchev–Trinajstić information content (AvgIpc) is 3.82. The zero-order valence-corrected chi connectivity index (χ0v) is 31.7. The number of fused-ring (bicyclic) bond motifs is 2. The molecule has 4 heterocycles. The third kappa shape index (κ3) is 7.09. The number of aliphatic hydroxyl groups is 1. The number of non-ortho nitro benzene ring substituents is 1. The molecule has 0 saturated carbocycles. The van der Waals surface area contributed by atoms with Gasteiger partial charge in [0.2, 0.25) is 5.91 Å². The zero-order valence-electron chi connectivity index (χ0n) is 30.7. The Hall–Kier alpha value is -4.80. The Morgan fingerprint density at radius 2 is 1.96 bits per heavy atom. The van der Waals surface area contributed by atoms with E-state index in [9.17, 15) is 29.6 Å². The summed E-state index contributed by atoms with van der Waals surface area (Å²) in [6.45, 7) is 7.46. The lowest BCUT2D eigenvalue weighted by molar-refractivity contribution is -0.385. The lowest BCUT2D eigenvalue weighted by atomic mass is 9.82. The van der Waals surface area contributed by atoms with Crippen LogP contribution in [0.15, 0.2) is 79.0 Å². The van der Waals surface area contributed by atoms with Gasteiger partial charge in [0.25, 0.3) is 11.6 Å². The fourth-order valence-corrected chi connectivity index (χ4v) is 11.4. The molecule has 4 N–H and O–H groups in total. The highest BCUT2D eigenvalue weighted by molar-refractivity contribution is 6.71. The number of nitrogens with one attached hydrogen (secondary N) is 2. The van der Waals surface area contributed by atoms with E-state index in [0.717, 1.165) is 30.5 Å². The molecule has 6 atom stereocenters. The molecule has 1 spiro atoms. The predicted molar refractivity (Wildman–Crippen MR) is 204 cm³/mol. The van der Waals surface area contributed by atoms with Crippen LogP contribution in [0.4, 0.5) is 17.1 Å². The number of hydrogen-bond acceptors (Lipinski definition) is 10. The van der Waals surface area contributed by atoms with Gasteiger partial charge in [0.05, 0.1) is 47.4 Å². The zero-order chi connectivity index (χ0) is 38.2. The van der Waals surface area contributed by atoms with Crippen LogP contribution in [0, 0.1) is 22.0 Å². The minimum atomic E-state index is -3.02. The summed E-state index contributed by atoms with van der Waals surface area (Å²) in [5, 5.41) is 37.2. The van der Waals surface area contributed by atoms with E-state index in [1.807, 2.05) is 74.6 Å². The molecule has 0 aliphatic carbocycles. The van der Waals surface area contributed by atoms with E-state index in [0.29, 0.717) is 42.1 Å². The van der Waals surface area contributed by atoms with Crippen molar-refractivity contribution in [2.45, 2.75) is 75.5 Å². The number of amides is 2. The number of nitro benzene ring substituents is 1. The molecular formula is C39H47N7O7Si. The van der Waals surface area contributed by atoms with Gasteiger partial charge < -0.3 is 30.2 Å². The lowest BCUT2D eigenvalue weighted by Crippen LogP contribution is -2.46. The van der Waals surface area contributed by atoms with Crippen molar-refractivity contribution in [2.24, 2.45) is 11.8 Å². The van der Waals surface area contributed by atoms with Crippen LogP contribution in [0.1, 0.15) is 54.5 Å². The minimum absolute atomic E-state index is 0.0548. The summed E-state index contributed by atoms with van der Waals surface area (Å²) < 4.78 is 8.59. The third-order valence-electron chi connectivity index (χ3n) is 11.3. The summed E-state index contributed by atoms with van der Waals surface area (Å²) in [6.07, 6.45) is 3.36. The number of aromatic nitrogens is 3. The summed E-state index contributed by atoms with van der Waals surface area (Å²) in [4.78, 5) is 52.8. The molecule has 2 unspecified atom stereocenters. The van der Waals surface area contributed by atoms with Crippen molar-refractivity contribution in [3.05, 3.63) is 111 Å². The quantitative estimate of drug-likeness (QED) is 0.0900. The van der Waals surface area contributed by atoms with E-state index < -0.39 is 36.4 Å². The monoisotopic (exact) mass is 753 g/mol. The second-order valence-electron chi connectivity index (χ2n) is 15.3. The normalized spacial score (nSPS) is 24.5. The van der Waals surface area contributed by atoms with E-state index in [1.54, 1.807) is 21.8 Å². The highest BCUT2D eigenvalue weighted by Gasteiger charge is 2.66. The van der Waals surface area contributed by atoms with Crippen LogP contribution in [-0.4, -0.2) is 75.8 Å². The number of carbonyl (C=O) groups is 2. The highest BCUT2D eigenvalue weighted by atomic mass is 28.4. The largest absolute Gasteiger partial charge is 0.432 e. The van der Waals surface area contributed by atoms with Crippen LogP contribution >= 0.6 is 0 Å². The first-order chi connectivity index (χ1) is 25.9. The molecule has 54 heavy (non-hydrogen) atoms. The molecule has 4 aromatic rings. The van der Waals surface area contributed by atoms with E-state index in [-0.39, 0.29) is 42.5 Å². The van der Waals surface area contributed by atoms with Crippen LogP contribution in [0.3, 0.4) is 0 Å². The minimum Gasteiger partial charge on any atom is -0.432 e. The van der Waals surface area contributed by atoms with Gasteiger partial charge in [-0.25, -0.2) is 0 Å². The van der Waals surface area contributed by atoms with Gasteiger partial charge in [-0.3, -0.25) is 24.4 Å². The first-order valence-electron chi connectivity index (χ1n) is 18.6. The van der Waals surface area contributed by atoms with Gasteiger partial charge in [-0.05, 0) is 68.2 Å². The van der Waals surface area contributed by atoms with E-state index in [2.05, 4.69) is 20.9 Å². The first kappa shape index (κ1) is 37.5. The summed E-state index contributed by atoms with van der Waals surface area (Å²) >= 11 is 0. The fourth-order valence-electron chi connectivity index (χ4n) is 8.75. The van der Waals surface area contributed by atoms with Crippen LogP contribution < -0.4 is 15.5 Å². The Kier molecular flexibility index (Phi) is 10.5. The number of nitrogens with zero attached hydrogens (tertiary/aromatic N) is 5. The van der Waals surface area contributed by atoms with Crippen molar-refractivity contribution < 1.29 is 29.2 Å². The van der Waals surface area contributed by atoms with Crippen molar-refractivity contribution in [3.63, 3.8) is 0 Å². The van der Waals surface area contributed by atoms with E-state index in [4.69, 9.17) is 4.74 Å². The van der Waals surface area contributed by atoms with Gasteiger partial charge in [0.1, 0.15) is 0 Å². The molecule has 7 rings (SSSR count). The van der Waals surface area contributed by atoms with Gasteiger partial charge in [-0.15, -0.1) is 5.10 Å². The number of aryl methyl sites for hydroxylation is 1. The Morgan fingerprint density at radius 1 is 1.17 bits per heavy atom. The van der Waals surface area contributed by atoms with Crippen LogP contribution in [0.2, 0.25) is 18.6 Å². The molecule has 2 amide bonds. The van der Waals surface area contributed by atoms with Crippen molar-refractivity contribution in [3.8, 4) is 0 Å². The van der Waals surface area contributed by atoms with Gasteiger partial charge in [0, 0.05) is 54.1 Å². The number of ether oxygens (including phenoxy) is 1. The molecular weight excluding hydrogens is 707 g/mol. The van der Waals surface area contributed by atoms with Gasteiger partial charge in [0.15, 0.2) is 13.9 Å². The molecule has 15 heteroatoms. The van der Waals surface area contributed by atoms with E-state index in [1.165, 1.54) is 12.1 Å². The Morgan fingerprint density at radius 3 is 2.67 bits per heavy atom. The number of nitro groups is 1. The molecule has 0 bridgehead atoms. The number of aliphatic hydroxyl groups excluding tert-OH is 1. The number of hydrogen-bond donors (Lipinski definition) is 4. The Labute approximate surface area is 314 Å². The molecule has 14 nitrogen and oxygen atoms in total. The maximum Gasteiger partial charge on any atom is 0.269 e. The standard InChI is InChI=1S/C39H47N7O7Si/c1-25-36(54(2,3)52)35(16-18-44-23-33(42-43-44)31(24-47)27-10-5-4-6-11-27)53-39(25)32-20-30(46(50)51)14-15-34(32)45(38(39)49)22-26-9-7-13-29(19-26)41-37(48)28-12-8-17-40-21-28/h4-7,9-11,13-15,19-20,23,25,28,31,35-36,40,47,52H,8,12,16-18,21-22,24H2,1-3H3,(H,41,48)/t25-,28?,31?,35+,36-,39+/m1/s1. The van der Waals surface area contributed by atoms with Gasteiger partial charge >= 0.3 is 0 Å². The average molecular weight is 754 g/mol. The highest BCUT2D eigenvalue weighted by Crippen LogP contribution is 2.60. The number of piperidine rings is 1. The van der Waals surface area contributed by atoms with Gasteiger partial charge in [-0.1, -0.05) is 54.6 Å². The number of benzene rings is 3. The molecule has 2 saturated heterocycles. The van der Waals surface area contributed by atoms with Crippen LogP contribution in [0.5, 0.6) is 0 Å². The van der Waals surface area contributed by atoms with Crippen molar-refractivity contribution in [1.29, 1.82) is 0 Å². The summed E-state index contributed by atoms with van der Waals surface area (Å²) in [5.41, 5.74) is 1.70. The summed E-state index contributed by atoms with van der Waals surface area (Å²) in [5.74, 6) is -1.39. The van der Waals surface area contributed by atoms with Gasteiger partial charge in [-0.2, -0.15) is 0 Å². The second-order valence-corrected chi connectivity index (χ2v) is 19.3. The second kappa shape index (κ2) is 15.1. The maximum absolute atomic E-state index is 14.9. The summed E-state index contributed by atoms with van der Waals surface area (Å²) in [6, 6.07) is 21.4. The lowest BCUT2D eigenvalue weighted by Gasteiger charge is -2.32. The SMILES string of the molecule is C[C@@H]1[C@@H]([Si](C)(C)O)[C@H](CCn2cc(C(CO)c3ccccc3)nn2)O[C@@]12C(=O)N(Cc1cccc(NC(=O)C3CCCNC3)c1)c1ccc([N+](=O)[O-])cc12. The van der Waals surface area contributed by atoms with Crippen LogP contribution in [0.25, 0.3) is 0 Å². The van der Waals surface area contributed by atoms with Crippen LogP contribution in [-0.2, 0) is 33.0 Å². The van der Waals surface area contributed by atoms with Crippen molar-refractivity contribution in [2.75, 3.05) is 29.9 Å². The molecule has 0 radical (unpaired) electrons. The summed E-state index contributed by atoms with van der Waals surface area (Å²) in [7, 11) is -3.02. The molecule has 1 aromatic heterocycles. The molecule has 3 aliphatic rings. The smallest absolute Gasteiger partial charge is 0.269 e. The third-order valence-corrected chi connectivity index (χ3v) is 13.8. The molecule has 2 fully saturated rings. The Balaban J connectivity index is 1.17. The number of anilines is 2. The maximum atomic E-state index is 14.9. The topological polar surface area (TPSA) is 185 Å².